The standard InChI is InChI=1S/C31H30ClN2O3PS/c1-23-17-19-27(20-18-23)39(35,36)33-38(26-13-6-5-7-14-26,37-25-12-10-11-24(32)21-25)22-30-31(2,3)28-15-8-9-16-29(28)34(30)4/h5-22H,1-4H3/b30-22-. The summed E-state index contributed by atoms with van der Waals surface area (Å²) in [5, 5.41) is 1.16. The Morgan fingerprint density at radius 2 is 1.56 bits per heavy atom. The summed E-state index contributed by atoms with van der Waals surface area (Å²) in [5.41, 5.74) is 3.65. The SMILES string of the molecule is Cc1ccc(S(=O)(=O)N=P(/C=C2\N(C)c3ccccc3C2(C)C)(Oc2cccc(Cl)c2)c2ccccc2)cc1. The van der Waals surface area contributed by atoms with Crippen LogP contribution in [0.1, 0.15) is 25.0 Å². The van der Waals surface area contributed by atoms with Crippen molar-refractivity contribution in [3.05, 3.63) is 131 Å². The summed E-state index contributed by atoms with van der Waals surface area (Å²) in [4.78, 5) is 2.21. The molecule has 4 aromatic carbocycles. The van der Waals surface area contributed by atoms with Gasteiger partial charge in [-0.3, -0.25) is 0 Å². The second kappa shape index (κ2) is 10.3. The minimum Gasteiger partial charge on any atom is -0.451 e. The Morgan fingerprint density at radius 3 is 2.23 bits per heavy atom. The van der Waals surface area contributed by atoms with Crippen molar-refractivity contribution in [3.63, 3.8) is 0 Å². The number of anilines is 1. The fourth-order valence-corrected chi connectivity index (χ4v) is 10.1. The third-order valence-electron chi connectivity index (χ3n) is 6.95. The molecule has 0 fully saturated rings. The predicted molar refractivity (Wildman–Crippen MR) is 162 cm³/mol. The van der Waals surface area contributed by atoms with Crippen molar-refractivity contribution in [3.8, 4) is 5.75 Å². The molecule has 5 rings (SSSR count). The number of hydrogen-bond donors (Lipinski definition) is 0. The molecule has 0 spiro atoms. The molecular formula is C31H30ClN2O3PS. The van der Waals surface area contributed by atoms with E-state index in [0.29, 0.717) is 16.1 Å². The topological polar surface area (TPSA) is 59.0 Å². The van der Waals surface area contributed by atoms with Gasteiger partial charge in [-0.1, -0.05) is 85.6 Å². The number of benzene rings is 4. The van der Waals surface area contributed by atoms with E-state index >= 15 is 0 Å². The zero-order chi connectivity index (χ0) is 27.8. The van der Waals surface area contributed by atoms with Crippen molar-refractivity contribution in [2.24, 2.45) is 4.15 Å². The van der Waals surface area contributed by atoms with E-state index in [-0.39, 0.29) is 4.90 Å². The third kappa shape index (κ3) is 5.29. The van der Waals surface area contributed by atoms with Crippen molar-refractivity contribution < 1.29 is 12.9 Å². The van der Waals surface area contributed by atoms with Crippen molar-refractivity contribution in [2.75, 3.05) is 11.9 Å². The first kappa shape index (κ1) is 27.3. The molecule has 0 bridgehead atoms. The summed E-state index contributed by atoms with van der Waals surface area (Å²) in [7, 11) is -5.54. The molecule has 0 saturated carbocycles. The summed E-state index contributed by atoms with van der Waals surface area (Å²) < 4.78 is 39.3. The van der Waals surface area contributed by atoms with Crippen LogP contribution in [0.5, 0.6) is 5.75 Å². The molecule has 0 saturated heterocycles. The molecule has 0 N–H and O–H groups in total. The van der Waals surface area contributed by atoms with E-state index in [0.717, 1.165) is 22.5 Å². The van der Waals surface area contributed by atoms with E-state index in [2.05, 4.69) is 35.0 Å². The molecular weight excluding hydrogens is 547 g/mol. The molecule has 4 aromatic rings. The predicted octanol–water partition coefficient (Wildman–Crippen LogP) is 8.13. The summed E-state index contributed by atoms with van der Waals surface area (Å²) in [5.74, 6) is 2.38. The lowest BCUT2D eigenvalue weighted by molar-refractivity contribution is 0.593. The first-order valence-corrected chi connectivity index (χ1v) is 16.1. The fourth-order valence-electron chi connectivity index (χ4n) is 4.88. The summed E-state index contributed by atoms with van der Waals surface area (Å²) in [6.45, 7) is 6.18. The number of likely N-dealkylation sites (N-methyl/N-ethyl adjacent to an activating group) is 1. The van der Waals surface area contributed by atoms with E-state index in [9.17, 15) is 8.42 Å². The maximum atomic E-state index is 13.9. The zero-order valence-corrected chi connectivity index (χ0v) is 24.7. The van der Waals surface area contributed by atoms with Crippen LogP contribution in [0.4, 0.5) is 5.69 Å². The lowest BCUT2D eigenvalue weighted by Gasteiger charge is -2.29. The Kier molecular flexibility index (Phi) is 7.23. The van der Waals surface area contributed by atoms with E-state index in [4.69, 9.17) is 16.1 Å². The molecule has 200 valence electrons. The van der Waals surface area contributed by atoms with Crippen LogP contribution >= 0.6 is 18.9 Å². The zero-order valence-electron chi connectivity index (χ0n) is 22.2. The van der Waals surface area contributed by atoms with Gasteiger partial charge in [0.1, 0.15) is 5.75 Å². The van der Waals surface area contributed by atoms with Gasteiger partial charge in [0.25, 0.3) is 10.0 Å². The molecule has 0 aromatic heterocycles. The Hall–Kier alpha value is -3.31. The molecule has 1 unspecified atom stereocenters. The van der Waals surface area contributed by atoms with Gasteiger partial charge in [-0.25, -0.2) is 0 Å². The first-order valence-electron chi connectivity index (χ1n) is 12.5. The van der Waals surface area contributed by atoms with Crippen LogP contribution in [0.15, 0.2) is 124 Å². The van der Waals surface area contributed by atoms with Gasteiger partial charge in [0.2, 0.25) is 7.28 Å². The highest BCUT2D eigenvalue weighted by atomic mass is 35.5. The first-order chi connectivity index (χ1) is 18.5. The van der Waals surface area contributed by atoms with Crippen molar-refractivity contribution in [1.29, 1.82) is 0 Å². The van der Waals surface area contributed by atoms with Crippen LogP contribution in [-0.2, 0) is 15.4 Å². The number of hydrogen-bond acceptors (Lipinski definition) is 4. The smallest absolute Gasteiger partial charge is 0.284 e. The van der Waals surface area contributed by atoms with Crippen molar-refractivity contribution >= 4 is 39.9 Å². The normalized spacial score (nSPS) is 16.9. The van der Waals surface area contributed by atoms with E-state index in [1.54, 1.807) is 48.5 Å². The molecule has 0 aliphatic carbocycles. The maximum absolute atomic E-state index is 13.9. The van der Waals surface area contributed by atoms with Crippen LogP contribution in [0, 0.1) is 6.92 Å². The summed E-state index contributed by atoms with van der Waals surface area (Å²) >= 11 is 6.32. The summed E-state index contributed by atoms with van der Waals surface area (Å²) in [6.07, 6.45) is 0. The van der Waals surface area contributed by atoms with Gasteiger partial charge in [0, 0.05) is 40.0 Å². The minimum atomic E-state index is -4.12. The molecule has 39 heavy (non-hydrogen) atoms. The van der Waals surface area contributed by atoms with Crippen molar-refractivity contribution in [2.45, 2.75) is 31.1 Å². The van der Waals surface area contributed by atoms with Gasteiger partial charge < -0.3 is 9.42 Å². The van der Waals surface area contributed by atoms with Crippen LogP contribution in [-0.4, -0.2) is 15.5 Å². The molecule has 1 heterocycles. The highest BCUT2D eigenvalue weighted by Gasteiger charge is 2.41. The summed E-state index contributed by atoms with van der Waals surface area (Å²) in [6, 6.07) is 31.3. The number of aryl methyl sites for hydroxylation is 1. The second-order valence-corrected chi connectivity index (χ2v) is 14.8. The minimum absolute atomic E-state index is 0.115. The van der Waals surface area contributed by atoms with E-state index in [1.165, 1.54) is 0 Å². The Labute approximate surface area is 235 Å². The van der Waals surface area contributed by atoms with Gasteiger partial charge in [0.05, 0.1) is 4.90 Å². The molecule has 5 nitrogen and oxygen atoms in total. The Bertz CT molecular complexity index is 1720. The van der Waals surface area contributed by atoms with Crippen LogP contribution in [0.2, 0.25) is 5.02 Å². The number of halogens is 1. The molecule has 8 heteroatoms. The molecule has 0 radical (unpaired) electrons. The Morgan fingerprint density at radius 1 is 0.897 bits per heavy atom. The largest absolute Gasteiger partial charge is 0.451 e. The van der Waals surface area contributed by atoms with E-state index < -0.39 is 22.7 Å². The van der Waals surface area contributed by atoms with Crippen LogP contribution in [0.3, 0.4) is 0 Å². The third-order valence-corrected chi connectivity index (χ3v) is 12.0. The lowest BCUT2D eigenvalue weighted by atomic mass is 9.84. The van der Waals surface area contributed by atoms with E-state index in [1.807, 2.05) is 62.3 Å². The van der Waals surface area contributed by atoms with Gasteiger partial charge in [0.15, 0.2) is 0 Å². The number of sulfonamides is 1. The highest BCUT2D eigenvalue weighted by Crippen LogP contribution is 2.58. The number of rotatable bonds is 6. The second-order valence-electron chi connectivity index (χ2n) is 10.1. The molecule has 1 aliphatic rings. The molecule has 0 amide bonds. The average Bonchev–Trinajstić information content (AvgIpc) is 3.10. The van der Waals surface area contributed by atoms with Crippen molar-refractivity contribution in [1.82, 2.24) is 0 Å². The number of nitrogens with zero attached hydrogens (tertiary/aromatic N) is 2. The van der Waals surface area contributed by atoms with Crippen LogP contribution < -0.4 is 14.7 Å². The lowest BCUT2D eigenvalue weighted by Crippen LogP contribution is -2.24. The monoisotopic (exact) mass is 576 g/mol. The molecule has 1 aliphatic heterocycles. The molecule has 1 atom stereocenters. The van der Waals surface area contributed by atoms with Gasteiger partial charge >= 0.3 is 0 Å². The van der Waals surface area contributed by atoms with Gasteiger partial charge in [-0.2, -0.15) is 8.42 Å². The maximum Gasteiger partial charge on any atom is 0.284 e. The number of para-hydroxylation sites is 1. The highest BCUT2D eigenvalue weighted by molar-refractivity contribution is 7.95. The van der Waals surface area contributed by atoms with Gasteiger partial charge in [-0.15, -0.1) is 4.15 Å². The Balaban J connectivity index is 1.84. The quantitative estimate of drug-likeness (QED) is 0.217. The average molecular weight is 577 g/mol. The number of allylic oxidation sites excluding steroid dienone is 1. The van der Waals surface area contributed by atoms with Crippen LogP contribution in [0.25, 0.3) is 0 Å². The van der Waals surface area contributed by atoms with Gasteiger partial charge in [-0.05, 0) is 61.0 Å². The number of fused-ring (bicyclic) bond motifs is 1. The fraction of sp³-hybridized carbons (Fsp3) is 0.161.